The van der Waals surface area contributed by atoms with Gasteiger partial charge < -0.3 is 19.7 Å². The highest BCUT2D eigenvalue weighted by Crippen LogP contribution is 2.16. The van der Waals surface area contributed by atoms with Crippen molar-refractivity contribution in [3.63, 3.8) is 0 Å². The average Bonchev–Trinajstić information content (AvgIpc) is 2.67. The van der Waals surface area contributed by atoms with Crippen molar-refractivity contribution in [3.05, 3.63) is 59.9 Å². The van der Waals surface area contributed by atoms with Crippen molar-refractivity contribution in [2.24, 2.45) is 0 Å². The molecular weight excluding hydrogens is 351 g/mol. The molecular formula is C20H23FN2O4. The van der Waals surface area contributed by atoms with Crippen molar-refractivity contribution in [2.45, 2.75) is 6.92 Å². The Kier molecular flexibility index (Phi) is 7.61. The maximum Gasteiger partial charge on any atom is 0.254 e. The van der Waals surface area contributed by atoms with Crippen LogP contribution in [0.5, 0.6) is 11.5 Å². The molecule has 0 saturated carbocycles. The van der Waals surface area contributed by atoms with Crippen LogP contribution in [0, 0.1) is 5.82 Å². The van der Waals surface area contributed by atoms with Gasteiger partial charge in [0.15, 0.2) is 0 Å². The van der Waals surface area contributed by atoms with Crippen LogP contribution in [-0.4, -0.2) is 50.1 Å². The molecule has 0 radical (unpaired) electrons. The molecule has 0 saturated heterocycles. The zero-order valence-corrected chi connectivity index (χ0v) is 15.4. The second-order valence-corrected chi connectivity index (χ2v) is 5.77. The number of hydrogen-bond donors (Lipinski definition) is 1. The number of amides is 2. The fraction of sp³-hybridized carbons (Fsp3) is 0.300. The lowest BCUT2D eigenvalue weighted by Crippen LogP contribution is -2.39. The van der Waals surface area contributed by atoms with Crippen LogP contribution in [0.25, 0.3) is 0 Å². The van der Waals surface area contributed by atoms with E-state index in [1.54, 1.807) is 42.3 Å². The summed E-state index contributed by atoms with van der Waals surface area (Å²) in [4.78, 5) is 25.3. The number of carbonyl (C=O) groups is 2. The molecule has 0 spiro atoms. The quantitative estimate of drug-likeness (QED) is 0.732. The van der Waals surface area contributed by atoms with E-state index in [4.69, 9.17) is 9.47 Å². The topological polar surface area (TPSA) is 67.9 Å². The third-order valence-electron chi connectivity index (χ3n) is 3.92. The molecule has 2 aromatic rings. The average molecular weight is 374 g/mol. The number of rotatable bonds is 9. The molecule has 2 amide bonds. The van der Waals surface area contributed by atoms with E-state index in [0.717, 1.165) is 5.75 Å². The summed E-state index contributed by atoms with van der Waals surface area (Å²) in [5.41, 5.74) is -0.0188. The standard InChI is InChI=1S/C20H23FN2O4/c1-15(24)23(13-14-27-17-9-7-16(26-2)8-10-17)12-11-22-20(25)18-5-3-4-6-19(18)21/h3-10H,11-14H2,1-2H3,(H,22,25). The molecule has 0 heterocycles. The lowest BCUT2D eigenvalue weighted by molar-refractivity contribution is -0.129. The summed E-state index contributed by atoms with van der Waals surface area (Å²) < 4.78 is 24.3. The summed E-state index contributed by atoms with van der Waals surface area (Å²) in [6, 6.07) is 12.9. The maximum absolute atomic E-state index is 13.6. The van der Waals surface area contributed by atoms with E-state index in [1.165, 1.54) is 25.1 Å². The molecule has 144 valence electrons. The predicted octanol–water partition coefficient (Wildman–Crippen LogP) is 2.49. The third kappa shape index (κ3) is 6.29. The first-order valence-electron chi connectivity index (χ1n) is 8.56. The minimum Gasteiger partial charge on any atom is -0.497 e. The molecule has 0 atom stereocenters. The van der Waals surface area contributed by atoms with E-state index in [2.05, 4.69) is 5.32 Å². The summed E-state index contributed by atoms with van der Waals surface area (Å²) in [6.07, 6.45) is 0. The van der Waals surface area contributed by atoms with Gasteiger partial charge in [-0.25, -0.2) is 4.39 Å². The Morgan fingerprint density at radius 1 is 1.04 bits per heavy atom. The first-order valence-corrected chi connectivity index (χ1v) is 8.56. The first kappa shape index (κ1) is 20.2. The van der Waals surface area contributed by atoms with Crippen molar-refractivity contribution in [3.8, 4) is 11.5 Å². The minimum absolute atomic E-state index is 0.0188. The number of carbonyl (C=O) groups excluding carboxylic acids is 2. The van der Waals surface area contributed by atoms with Crippen LogP contribution in [0.1, 0.15) is 17.3 Å². The first-order chi connectivity index (χ1) is 13.0. The summed E-state index contributed by atoms with van der Waals surface area (Å²) in [7, 11) is 1.59. The second kappa shape index (κ2) is 10.2. The molecule has 2 aromatic carbocycles. The number of nitrogens with zero attached hydrogens (tertiary/aromatic N) is 1. The Labute approximate surface area is 157 Å². The van der Waals surface area contributed by atoms with Crippen LogP contribution in [-0.2, 0) is 4.79 Å². The molecule has 0 fully saturated rings. The smallest absolute Gasteiger partial charge is 0.254 e. The van der Waals surface area contributed by atoms with Crippen LogP contribution in [0.15, 0.2) is 48.5 Å². The lowest BCUT2D eigenvalue weighted by atomic mass is 10.2. The van der Waals surface area contributed by atoms with Gasteiger partial charge in [0.05, 0.1) is 19.2 Å². The molecule has 0 aromatic heterocycles. The Hall–Kier alpha value is -3.09. The highest BCUT2D eigenvalue weighted by atomic mass is 19.1. The van der Waals surface area contributed by atoms with Gasteiger partial charge in [-0.3, -0.25) is 9.59 Å². The van der Waals surface area contributed by atoms with Gasteiger partial charge in [-0.1, -0.05) is 12.1 Å². The van der Waals surface area contributed by atoms with E-state index in [-0.39, 0.29) is 18.0 Å². The summed E-state index contributed by atoms with van der Waals surface area (Å²) in [5.74, 6) is 0.191. The largest absolute Gasteiger partial charge is 0.497 e. The summed E-state index contributed by atoms with van der Waals surface area (Å²) in [5, 5.41) is 2.62. The van der Waals surface area contributed by atoms with Gasteiger partial charge in [0.2, 0.25) is 5.91 Å². The van der Waals surface area contributed by atoms with Crippen molar-refractivity contribution >= 4 is 11.8 Å². The number of nitrogens with one attached hydrogen (secondary N) is 1. The number of benzene rings is 2. The minimum atomic E-state index is -0.577. The van der Waals surface area contributed by atoms with Gasteiger partial charge in [-0.05, 0) is 36.4 Å². The second-order valence-electron chi connectivity index (χ2n) is 5.77. The fourth-order valence-corrected chi connectivity index (χ4v) is 2.42. The van der Waals surface area contributed by atoms with E-state index >= 15 is 0 Å². The maximum atomic E-state index is 13.6. The Morgan fingerprint density at radius 3 is 2.33 bits per heavy atom. The van der Waals surface area contributed by atoms with Crippen LogP contribution < -0.4 is 14.8 Å². The van der Waals surface area contributed by atoms with Crippen molar-refractivity contribution in [2.75, 3.05) is 33.4 Å². The van der Waals surface area contributed by atoms with Crippen LogP contribution >= 0.6 is 0 Å². The van der Waals surface area contributed by atoms with Gasteiger partial charge in [0.1, 0.15) is 23.9 Å². The van der Waals surface area contributed by atoms with E-state index in [0.29, 0.717) is 25.4 Å². The summed E-state index contributed by atoms with van der Waals surface area (Å²) >= 11 is 0. The van der Waals surface area contributed by atoms with Gasteiger partial charge in [0.25, 0.3) is 5.91 Å². The van der Waals surface area contributed by atoms with Gasteiger partial charge >= 0.3 is 0 Å². The summed E-state index contributed by atoms with van der Waals surface area (Å²) in [6.45, 7) is 2.66. The number of hydrogen-bond acceptors (Lipinski definition) is 4. The lowest BCUT2D eigenvalue weighted by Gasteiger charge is -2.21. The van der Waals surface area contributed by atoms with Crippen LogP contribution in [0.3, 0.4) is 0 Å². The molecule has 0 unspecified atom stereocenters. The van der Waals surface area contributed by atoms with Crippen molar-refractivity contribution < 1.29 is 23.5 Å². The zero-order chi connectivity index (χ0) is 19.6. The third-order valence-corrected chi connectivity index (χ3v) is 3.92. The Balaban J connectivity index is 1.77. The monoisotopic (exact) mass is 374 g/mol. The zero-order valence-electron chi connectivity index (χ0n) is 15.4. The highest BCUT2D eigenvalue weighted by Gasteiger charge is 2.12. The van der Waals surface area contributed by atoms with Crippen LogP contribution in [0.4, 0.5) is 4.39 Å². The van der Waals surface area contributed by atoms with Gasteiger partial charge in [-0.15, -0.1) is 0 Å². The van der Waals surface area contributed by atoms with Crippen molar-refractivity contribution in [1.29, 1.82) is 0 Å². The molecule has 6 nitrogen and oxygen atoms in total. The SMILES string of the molecule is COc1ccc(OCCN(CCNC(=O)c2ccccc2F)C(C)=O)cc1. The number of halogens is 1. The Morgan fingerprint density at radius 2 is 1.70 bits per heavy atom. The van der Waals surface area contributed by atoms with E-state index in [1.807, 2.05) is 0 Å². The molecule has 7 heteroatoms. The predicted molar refractivity (Wildman–Crippen MR) is 99.5 cm³/mol. The number of ether oxygens (including phenoxy) is 2. The molecule has 0 aliphatic carbocycles. The van der Waals surface area contributed by atoms with Gasteiger partial charge in [0, 0.05) is 20.0 Å². The normalized spacial score (nSPS) is 10.2. The van der Waals surface area contributed by atoms with Crippen molar-refractivity contribution in [1.82, 2.24) is 10.2 Å². The molecule has 27 heavy (non-hydrogen) atoms. The molecule has 0 aliphatic heterocycles. The van der Waals surface area contributed by atoms with Crippen LogP contribution in [0.2, 0.25) is 0 Å². The molecule has 1 N–H and O–H groups in total. The van der Waals surface area contributed by atoms with E-state index in [9.17, 15) is 14.0 Å². The molecule has 0 aliphatic rings. The van der Waals surface area contributed by atoms with E-state index < -0.39 is 11.7 Å². The molecule has 2 rings (SSSR count). The highest BCUT2D eigenvalue weighted by molar-refractivity contribution is 5.94. The van der Waals surface area contributed by atoms with Gasteiger partial charge in [-0.2, -0.15) is 0 Å². The number of methoxy groups -OCH3 is 1. The molecule has 0 bridgehead atoms. The fourth-order valence-electron chi connectivity index (χ4n) is 2.42. The Bertz CT molecular complexity index is 765.